The van der Waals surface area contributed by atoms with Gasteiger partial charge >= 0.3 is 5.97 Å². The molecule has 0 aromatic heterocycles. The van der Waals surface area contributed by atoms with Crippen LogP contribution in [0, 0.1) is 6.92 Å². The lowest BCUT2D eigenvalue weighted by atomic mass is 9.74. The fourth-order valence-electron chi connectivity index (χ4n) is 2.75. The van der Waals surface area contributed by atoms with E-state index in [1.807, 2.05) is 19.1 Å². The Morgan fingerprint density at radius 1 is 1.26 bits per heavy atom. The number of hydrogen-bond donors (Lipinski definition) is 1. The molecular weight excluding hydrogens is 248 g/mol. The molecule has 0 bridgehead atoms. The first-order valence-electron chi connectivity index (χ1n) is 6.31. The highest BCUT2D eigenvalue weighted by atomic mass is 16.6. The van der Waals surface area contributed by atoms with Crippen molar-refractivity contribution in [1.82, 2.24) is 0 Å². The Kier molecular flexibility index (Phi) is 2.86. The number of carboxylic acids is 1. The molecule has 2 aliphatic heterocycles. The van der Waals surface area contributed by atoms with Crippen LogP contribution < -0.4 is 9.47 Å². The third kappa shape index (κ3) is 2.04. The zero-order chi connectivity index (χ0) is 13.5. The van der Waals surface area contributed by atoms with Crippen LogP contribution in [-0.2, 0) is 14.9 Å². The Morgan fingerprint density at radius 2 is 1.89 bits per heavy atom. The third-order valence-corrected chi connectivity index (χ3v) is 3.71. The minimum absolute atomic E-state index is 0.0769. The third-order valence-electron chi connectivity index (χ3n) is 3.71. The average molecular weight is 264 g/mol. The number of aryl methyl sites for hydroxylation is 1. The molecule has 0 spiro atoms. The van der Waals surface area contributed by atoms with Gasteiger partial charge in [-0.25, -0.2) is 0 Å². The molecule has 5 nitrogen and oxygen atoms in total. The Hall–Kier alpha value is -1.75. The second-order valence-electron chi connectivity index (χ2n) is 5.15. The smallest absolute Gasteiger partial charge is 0.304 e. The number of hydrogen-bond acceptors (Lipinski definition) is 4. The van der Waals surface area contributed by atoms with Gasteiger partial charge in [-0.3, -0.25) is 4.79 Å². The Bertz CT molecular complexity index is 519. The summed E-state index contributed by atoms with van der Waals surface area (Å²) in [6.45, 7) is 3.93. The van der Waals surface area contributed by atoms with Gasteiger partial charge in [-0.15, -0.1) is 0 Å². The summed E-state index contributed by atoms with van der Waals surface area (Å²) >= 11 is 0. The normalized spacial score (nSPS) is 19.6. The lowest BCUT2D eigenvalue weighted by Gasteiger charge is -2.42. The van der Waals surface area contributed by atoms with Crippen molar-refractivity contribution in [3.05, 3.63) is 23.3 Å². The molecule has 0 saturated carbocycles. The monoisotopic (exact) mass is 264 g/mol. The van der Waals surface area contributed by atoms with Crippen LogP contribution in [0.5, 0.6) is 11.5 Å². The molecule has 3 rings (SSSR count). The van der Waals surface area contributed by atoms with Crippen LogP contribution in [0.3, 0.4) is 0 Å². The summed E-state index contributed by atoms with van der Waals surface area (Å²) in [6, 6.07) is 3.83. The molecule has 2 aliphatic rings. The number of benzene rings is 1. The second kappa shape index (κ2) is 4.42. The molecule has 1 aromatic rings. The molecule has 5 heteroatoms. The fourth-order valence-corrected chi connectivity index (χ4v) is 2.75. The van der Waals surface area contributed by atoms with E-state index in [-0.39, 0.29) is 6.42 Å². The van der Waals surface area contributed by atoms with Gasteiger partial charge in [0.2, 0.25) is 0 Å². The zero-order valence-corrected chi connectivity index (χ0v) is 10.8. The standard InChI is InChI=1S/C14H16O5/c1-9-4-11-12(19-3-2-18-11)5-10(9)14(6-13(15)16)7-17-8-14/h4-5H,2-3,6-8H2,1H3,(H,15,16). The maximum atomic E-state index is 11.1. The van der Waals surface area contributed by atoms with Crippen molar-refractivity contribution in [2.45, 2.75) is 18.8 Å². The van der Waals surface area contributed by atoms with Crippen molar-refractivity contribution >= 4 is 5.97 Å². The van der Waals surface area contributed by atoms with E-state index in [0.717, 1.165) is 16.9 Å². The summed E-state index contributed by atoms with van der Waals surface area (Å²) in [5, 5.41) is 9.09. The van der Waals surface area contributed by atoms with Gasteiger partial charge in [0.15, 0.2) is 11.5 Å². The Morgan fingerprint density at radius 3 is 2.42 bits per heavy atom. The zero-order valence-electron chi connectivity index (χ0n) is 10.8. The van der Waals surface area contributed by atoms with Gasteiger partial charge in [-0.2, -0.15) is 0 Å². The Labute approximate surface area is 111 Å². The van der Waals surface area contributed by atoms with Crippen LogP contribution in [0.1, 0.15) is 17.5 Å². The van der Waals surface area contributed by atoms with Gasteiger partial charge in [-0.05, 0) is 30.2 Å². The molecule has 1 aromatic carbocycles. The lowest BCUT2D eigenvalue weighted by Crippen LogP contribution is -2.48. The van der Waals surface area contributed by atoms with E-state index in [9.17, 15) is 4.79 Å². The van der Waals surface area contributed by atoms with Crippen LogP contribution in [0.15, 0.2) is 12.1 Å². The van der Waals surface area contributed by atoms with Gasteiger partial charge in [0.25, 0.3) is 0 Å². The predicted molar refractivity (Wildman–Crippen MR) is 66.9 cm³/mol. The summed E-state index contributed by atoms with van der Waals surface area (Å²) in [5.74, 6) is 0.624. The van der Waals surface area contributed by atoms with Crippen molar-refractivity contribution in [1.29, 1.82) is 0 Å². The molecule has 2 heterocycles. The summed E-state index contributed by atoms with van der Waals surface area (Å²) in [6.07, 6.45) is 0.0769. The molecule has 0 amide bonds. The highest BCUT2D eigenvalue weighted by Crippen LogP contribution is 2.42. The van der Waals surface area contributed by atoms with Crippen LogP contribution in [-0.4, -0.2) is 37.5 Å². The van der Waals surface area contributed by atoms with Gasteiger partial charge in [0.05, 0.1) is 25.0 Å². The number of ether oxygens (including phenoxy) is 3. The van der Waals surface area contributed by atoms with Crippen molar-refractivity contribution in [2.75, 3.05) is 26.4 Å². The van der Waals surface area contributed by atoms with Crippen molar-refractivity contribution in [2.24, 2.45) is 0 Å². The van der Waals surface area contributed by atoms with E-state index >= 15 is 0 Å². The summed E-state index contributed by atoms with van der Waals surface area (Å²) in [5.41, 5.74) is 1.59. The van der Waals surface area contributed by atoms with Crippen LogP contribution in [0.4, 0.5) is 0 Å². The molecule has 0 atom stereocenters. The highest BCUT2D eigenvalue weighted by Gasteiger charge is 2.43. The van der Waals surface area contributed by atoms with Gasteiger partial charge < -0.3 is 19.3 Å². The fraction of sp³-hybridized carbons (Fsp3) is 0.500. The molecule has 0 radical (unpaired) electrons. The maximum absolute atomic E-state index is 11.1. The van der Waals surface area contributed by atoms with Crippen LogP contribution >= 0.6 is 0 Å². The first-order valence-corrected chi connectivity index (χ1v) is 6.31. The maximum Gasteiger partial charge on any atom is 0.304 e. The summed E-state index contributed by atoms with van der Waals surface area (Å²) in [7, 11) is 0. The second-order valence-corrected chi connectivity index (χ2v) is 5.15. The predicted octanol–water partition coefficient (Wildman–Crippen LogP) is 1.51. The molecule has 102 valence electrons. The molecule has 1 fully saturated rings. The molecule has 19 heavy (non-hydrogen) atoms. The first-order chi connectivity index (χ1) is 9.11. The summed E-state index contributed by atoms with van der Waals surface area (Å²) in [4.78, 5) is 11.1. The minimum Gasteiger partial charge on any atom is -0.486 e. The van der Waals surface area contributed by atoms with Gasteiger partial charge in [-0.1, -0.05) is 0 Å². The average Bonchev–Trinajstić information content (AvgIpc) is 2.33. The number of fused-ring (bicyclic) bond motifs is 1. The lowest BCUT2D eigenvalue weighted by molar-refractivity contribution is -0.145. The van der Waals surface area contributed by atoms with E-state index in [4.69, 9.17) is 19.3 Å². The SMILES string of the molecule is Cc1cc2c(cc1C1(CC(=O)O)COC1)OCCO2. The molecule has 0 aliphatic carbocycles. The quantitative estimate of drug-likeness (QED) is 0.896. The van der Waals surface area contributed by atoms with Crippen molar-refractivity contribution < 1.29 is 24.1 Å². The van der Waals surface area contributed by atoms with E-state index in [2.05, 4.69) is 0 Å². The van der Waals surface area contributed by atoms with E-state index in [1.165, 1.54) is 0 Å². The number of carbonyl (C=O) groups is 1. The van der Waals surface area contributed by atoms with Gasteiger partial charge in [0, 0.05) is 0 Å². The first kappa shape index (κ1) is 12.3. The van der Waals surface area contributed by atoms with E-state index in [0.29, 0.717) is 32.2 Å². The highest BCUT2D eigenvalue weighted by molar-refractivity contribution is 5.70. The van der Waals surface area contributed by atoms with Crippen molar-refractivity contribution in [3.63, 3.8) is 0 Å². The van der Waals surface area contributed by atoms with Crippen molar-refractivity contribution in [3.8, 4) is 11.5 Å². The van der Waals surface area contributed by atoms with Crippen LogP contribution in [0.25, 0.3) is 0 Å². The van der Waals surface area contributed by atoms with E-state index < -0.39 is 11.4 Å². The number of rotatable bonds is 3. The largest absolute Gasteiger partial charge is 0.486 e. The minimum atomic E-state index is -0.808. The number of aliphatic carboxylic acids is 1. The molecule has 0 unspecified atom stereocenters. The van der Waals surface area contributed by atoms with E-state index in [1.54, 1.807) is 0 Å². The molecule has 1 saturated heterocycles. The number of carboxylic acid groups (broad SMARTS) is 1. The van der Waals surface area contributed by atoms with Crippen LogP contribution in [0.2, 0.25) is 0 Å². The summed E-state index contributed by atoms with van der Waals surface area (Å²) < 4.78 is 16.4. The topological polar surface area (TPSA) is 65.0 Å². The Balaban J connectivity index is 2.01. The molecular formula is C14H16O5. The van der Waals surface area contributed by atoms with Gasteiger partial charge in [0.1, 0.15) is 13.2 Å². The molecule has 1 N–H and O–H groups in total.